The van der Waals surface area contributed by atoms with Gasteiger partial charge in [-0.3, -0.25) is 20.0 Å². The zero-order valence-electron chi connectivity index (χ0n) is 11.3. The third kappa shape index (κ3) is 2.62. The molecule has 0 aromatic carbocycles. The van der Waals surface area contributed by atoms with Crippen LogP contribution >= 0.6 is 0 Å². The summed E-state index contributed by atoms with van der Waals surface area (Å²) in [5.74, 6) is 0.168. The molecule has 9 heteroatoms. The fourth-order valence-corrected chi connectivity index (χ4v) is 2.16. The maximum absolute atomic E-state index is 12.3. The first kappa shape index (κ1) is 13.3. The van der Waals surface area contributed by atoms with Gasteiger partial charge in [0.15, 0.2) is 0 Å². The van der Waals surface area contributed by atoms with Gasteiger partial charge in [-0.15, -0.1) is 0 Å². The monoisotopic (exact) mass is 290 g/mol. The number of aromatic nitrogens is 4. The Labute approximate surface area is 119 Å². The van der Waals surface area contributed by atoms with Crippen molar-refractivity contribution in [1.29, 1.82) is 0 Å². The molecule has 0 aliphatic heterocycles. The molecule has 2 aromatic rings. The lowest BCUT2D eigenvalue weighted by molar-refractivity contribution is -0.384. The minimum absolute atomic E-state index is 0.0700. The van der Waals surface area contributed by atoms with Crippen molar-refractivity contribution in [2.45, 2.75) is 31.8 Å². The number of rotatable bonds is 5. The zero-order valence-corrected chi connectivity index (χ0v) is 11.3. The lowest BCUT2D eigenvalue weighted by Gasteiger charge is -2.12. The van der Waals surface area contributed by atoms with Gasteiger partial charge in [-0.2, -0.15) is 5.10 Å². The van der Waals surface area contributed by atoms with Gasteiger partial charge in [-0.25, -0.2) is 4.98 Å². The Hall–Kier alpha value is -2.71. The molecular weight excluding hydrogens is 276 g/mol. The van der Waals surface area contributed by atoms with E-state index < -0.39 is 4.92 Å². The molecule has 1 atom stereocenters. The standard InChI is InChI=1S/C12H14N6O3/c1-7(11-13-6-14-16-11)15-12(19)10-4-9(18(20)21)5-17(10)8-2-3-8/h4-8H,2-3H2,1H3,(H,15,19)(H,13,14,16). The van der Waals surface area contributed by atoms with Crippen molar-refractivity contribution in [3.05, 3.63) is 40.2 Å². The molecule has 3 rings (SSSR count). The van der Waals surface area contributed by atoms with Gasteiger partial charge in [0.2, 0.25) is 0 Å². The van der Waals surface area contributed by atoms with Gasteiger partial charge < -0.3 is 9.88 Å². The second-order valence-electron chi connectivity index (χ2n) is 5.04. The van der Waals surface area contributed by atoms with Gasteiger partial charge in [-0.1, -0.05) is 0 Å². The lowest BCUT2D eigenvalue weighted by Crippen LogP contribution is -2.29. The van der Waals surface area contributed by atoms with E-state index in [1.54, 1.807) is 11.5 Å². The number of carbonyl (C=O) groups is 1. The third-order valence-electron chi connectivity index (χ3n) is 3.41. The molecule has 0 saturated heterocycles. The van der Waals surface area contributed by atoms with Gasteiger partial charge in [0.25, 0.3) is 11.6 Å². The molecule has 2 aromatic heterocycles. The molecule has 0 radical (unpaired) electrons. The van der Waals surface area contributed by atoms with E-state index in [-0.39, 0.29) is 23.7 Å². The van der Waals surface area contributed by atoms with Gasteiger partial charge in [0.05, 0.1) is 17.2 Å². The fraction of sp³-hybridized carbons (Fsp3) is 0.417. The molecule has 2 heterocycles. The van der Waals surface area contributed by atoms with Crippen molar-refractivity contribution in [3.63, 3.8) is 0 Å². The van der Waals surface area contributed by atoms with Crippen molar-refractivity contribution < 1.29 is 9.72 Å². The quantitative estimate of drug-likeness (QED) is 0.636. The summed E-state index contributed by atoms with van der Waals surface area (Å²) in [5.41, 5.74) is 0.231. The van der Waals surface area contributed by atoms with Crippen molar-refractivity contribution in [2.24, 2.45) is 0 Å². The summed E-state index contributed by atoms with van der Waals surface area (Å²) in [5, 5.41) is 20.0. The van der Waals surface area contributed by atoms with E-state index in [0.29, 0.717) is 11.5 Å². The van der Waals surface area contributed by atoms with E-state index in [4.69, 9.17) is 0 Å². The van der Waals surface area contributed by atoms with Gasteiger partial charge in [0, 0.05) is 12.1 Å². The zero-order chi connectivity index (χ0) is 15.0. The van der Waals surface area contributed by atoms with Crippen LogP contribution in [-0.2, 0) is 0 Å². The Kier molecular flexibility index (Phi) is 3.16. The van der Waals surface area contributed by atoms with E-state index in [1.807, 2.05) is 0 Å². The van der Waals surface area contributed by atoms with Crippen LogP contribution in [0.2, 0.25) is 0 Å². The number of nitrogens with one attached hydrogen (secondary N) is 2. The fourth-order valence-electron chi connectivity index (χ4n) is 2.16. The molecule has 1 fully saturated rings. The summed E-state index contributed by atoms with van der Waals surface area (Å²) >= 11 is 0. The van der Waals surface area contributed by atoms with Crippen molar-refractivity contribution >= 4 is 11.6 Å². The Bertz CT molecular complexity index is 673. The number of carbonyl (C=O) groups excluding carboxylic acids is 1. The topological polar surface area (TPSA) is 119 Å². The maximum atomic E-state index is 12.3. The second kappa shape index (κ2) is 5.00. The first-order valence-electron chi connectivity index (χ1n) is 6.58. The Morgan fingerprint density at radius 3 is 2.95 bits per heavy atom. The third-order valence-corrected chi connectivity index (χ3v) is 3.41. The molecule has 0 spiro atoms. The van der Waals surface area contributed by atoms with E-state index >= 15 is 0 Å². The first-order chi connectivity index (χ1) is 10.1. The predicted molar refractivity (Wildman–Crippen MR) is 71.6 cm³/mol. The van der Waals surface area contributed by atoms with Crippen LogP contribution in [0, 0.1) is 10.1 Å². The molecule has 1 aliphatic carbocycles. The summed E-state index contributed by atoms with van der Waals surface area (Å²) < 4.78 is 1.68. The van der Waals surface area contributed by atoms with Crippen LogP contribution in [-0.4, -0.2) is 30.6 Å². The smallest absolute Gasteiger partial charge is 0.287 e. The molecule has 1 saturated carbocycles. The molecular formula is C12H14N6O3. The molecule has 1 amide bonds. The van der Waals surface area contributed by atoms with E-state index in [2.05, 4.69) is 20.5 Å². The van der Waals surface area contributed by atoms with E-state index in [0.717, 1.165) is 12.8 Å². The number of nitro groups is 1. The van der Waals surface area contributed by atoms with Crippen LogP contribution in [0.1, 0.15) is 48.2 Å². The van der Waals surface area contributed by atoms with Crippen molar-refractivity contribution in [3.8, 4) is 0 Å². The second-order valence-corrected chi connectivity index (χ2v) is 5.04. The van der Waals surface area contributed by atoms with Gasteiger partial charge >= 0.3 is 0 Å². The normalized spacial score (nSPS) is 15.7. The number of hydrogen-bond donors (Lipinski definition) is 2. The van der Waals surface area contributed by atoms with Crippen LogP contribution < -0.4 is 5.32 Å². The molecule has 9 nitrogen and oxygen atoms in total. The van der Waals surface area contributed by atoms with Gasteiger partial charge in [0.1, 0.15) is 17.8 Å². The number of H-pyrrole nitrogens is 1. The minimum atomic E-state index is -0.491. The molecule has 1 aliphatic rings. The molecule has 110 valence electrons. The average Bonchev–Trinajstić information content (AvgIpc) is 2.98. The summed E-state index contributed by atoms with van der Waals surface area (Å²) in [6, 6.07) is 1.13. The number of amides is 1. The van der Waals surface area contributed by atoms with Crippen molar-refractivity contribution in [2.75, 3.05) is 0 Å². The molecule has 21 heavy (non-hydrogen) atoms. The van der Waals surface area contributed by atoms with Crippen molar-refractivity contribution in [1.82, 2.24) is 25.1 Å². The summed E-state index contributed by atoms with van der Waals surface area (Å²) in [7, 11) is 0. The lowest BCUT2D eigenvalue weighted by atomic mass is 10.3. The minimum Gasteiger partial charge on any atom is -0.341 e. The van der Waals surface area contributed by atoms with Crippen LogP contribution in [0.5, 0.6) is 0 Å². The summed E-state index contributed by atoms with van der Waals surface area (Å²) in [6.45, 7) is 1.76. The first-order valence-corrected chi connectivity index (χ1v) is 6.58. The number of aromatic amines is 1. The highest BCUT2D eigenvalue weighted by Gasteiger charge is 2.30. The Morgan fingerprint density at radius 1 is 1.62 bits per heavy atom. The Morgan fingerprint density at radius 2 is 2.38 bits per heavy atom. The SMILES string of the molecule is CC(NC(=O)c1cc([N+](=O)[O-])cn1C1CC1)c1ncn[nH]1. The Balaban J connectivity index is 1.82. The molecule has 2 N–H and O–H groups in total. The van der Waals surface area contributed by atoms with Crippen LogP contribution in [0.15, 0.2) is 18.6 Å². The van der Waals surface area contributed by atoms with Crippen LogP contribution in [0.25, 0.3) is 0 Å². The molecule has 1 unspecified atom stereocenters. The average molecular weight is 290 g/mol. The largest absolute Gasteiger partial charge is 0.341 e. The predicted octanol–water partition coefficient (Wildman–Crippen LogP) is 1.34. The summed E-state index contributed by atoms with van der Waals surface area (Å²) in [4.78, 5) is 26.7. The number of hydrogen-bond acceptors (Lipinski definition) is 5. The highest BCUT2D eigenvalue weighted by Crippen LogP contribution is 2.37. The van der Waals surface area contributed by atoms with E-state index in [1.165, 1.54) is 18.6 Å². The van der Waals surface area contributed by atoms with Gasteiger partial charge in [-0.05, 0) is 19.8 Å². The highest BCUT2D eigenvalue weighted by atomic mass is 16.6. The summed E-state index contributed by atoms with van der Waals surface area (Å²) in [6.07, 6.45) is 4.65. The maximum Gasteiger partial charge on any atom is 0.287 e. The highest BCUT2D eigenvalue weighted by molar-refractivity contribution is 5.93. The van der Waals surface area contributed by atoms with Crippen LogP contribution in [0.3, 0.4) is 0 Å². The van der Waals surface area contributed by atoms with E-state index in [9.17, 15) is 14.9 Å². The van der Waals surface area contributed by atoms with Crippen LogP contribution in [0.4, 0.5) is 5.69 Å². The number of nitrogens with zero attached hydrogens (tertiary/aromatic N) is 4. The molecule has 0 bridgehead atoms.